The highest BCUT2D eigenvalue weighted by Crippen LogP contribution is 2.29. The summed E-state index contributed by atoms with van der Waals surface area (Å²) < 4.78 is 40.0. The Morgan fingerprint density at radius 3 is 2.24 bits per heavy atom. The van der Waals surface area contributed by atoms with Crippen molar-refractivity contribution in [1.82, 2.24) is 10.2 Å². The summed E-state index contributed by atoms with van der Waals surface area (Å²) >= 11 is 0. The molecule has 21 heavy (non-hydrogen) atoms. The van der Waals surface area contributed by atoms with Gasteiger partial charge in [-0.3, -0.25) is 4.90 Å². The smallest absolute Gasteiger partial charge is 0.194 e. The van der Waals surface area contributed by atoms with Crippen molar-refractivity contribution in [2.75, 3.05) is 26.2 Å². The minimum Gasteiger partial charge on any atom is -0.314 e. The number of hydrogen-bond acceptors (Lipinski definition) is 2. The van der Waals surface area contributed by atoms with Crippen molar-refractivity contribution in [2.45, 2.75) is 32.2 Å². The Hall–Kier alpha value is -0.780. The van der Waals surface area contributed by atoms with E-state index in [0.29, 0.717) is 5.56 Å². The average molecular weight is 323 g/mol. The summed E-state index contributed by atoms with van der Waals surface area (Å²) in [5, 5.41) is 3.26. The Kier molecular flexibility index (Phi) is 7.49. The molecular weight excluding hydrogens is 301 g/mol. The van der Waals surface area contributed by atoms with Crippen molar-refractivity contribution >= 4 is 12.4 Å². The molecule has 1 aromatic rings. The van der Waals surface area contributed by atoms with Gasteiger partial charge < -0.3 is 5.32 Å². The fraction of sp³-hybridized carbons (Fsp3) is 0.600. The second-order valence-electron chi connectivity index (χ2n) is 5.24. The third-order valence-corrected chi connectivity index (χ3v) is 3.81. The van der Waals surface area contributed by atoms with E-state index in [4.69, 9.17) is 0 Å². The van der Waals surface area contributed by atoms with Crippen LogP contribution in [0.25, 0.3) is 0 Å². The van der Waals surface area contributed by atoms with Crippen LogP contribution in [0.4, 0.5) is 13.2 Å². The third-order valence-electron chi connectivity index (χ3n) is 3.81. The molecular formula is C15H22ClF3N2. The summed E-state index contributed by atoms with van der Waals surface area (Å²) in [7, 11) is 0. The SMILES string of the molecule is CCCC[C@@H](c1cc(F)c(F)c(F)c1)N1CCNCC1.Cl. The molecule has 0 bridgehead atoms. The van der Waals surface area contributed by atoms with Gasteiger partial charge in [0.1, 0.15) is 0 Å². The lowest BCUT2D eigenvalue weighted by Crippen LogP contribution is -2.45. The van der Waals surface area contributed by atoms with Crippen molar-refractivity contribution in [3.63, 3.8) is 0 Å². The van der Waals surface area contributed by atoms with Gasteiger partial charge in [-0.1, -0.05) is 19.8 Å². The van der Waals surface area contributed by atoms with Gasteiger partial charge in [-0.25, -0.2) is 13.2 Å². The number of nitrogens with zero attached hydrogens (tertiary/aromatic N) is 1. The summed E-state index contributed by atoms with van der Waals surface area (Å²) in [4.78, 5) is 2.22. The molecule has 6 heteroatoms. The second-order valence-corrected chi connectivity index (χ2v) is 5.24. The molecule has 2 rings (SSSR count). The third kappa shape index (κ3) is 4.59. The molecule has 0 saturated carbocycles. The van der Waals surface area contributed by atoms with Gasteiger partial charge in [0.05, 0.1) is 0 Å². The first-order valence-corrected chi connectivity index (χ1v) is 7.22. The van der Waals surface area contributed by atoms with E-state index in [1.165, 1.54) is 0 Å². The van der Waals surface area contributed by atoms with Crippen molar-refractivity contribution in [2.24, 2.45) is 0 Å². The first-order chi connectivity index (χ1) is 9.63. The van der Waals surface area contributed by atoms with E-state index in [9.17, 15) is 13.2 Å². The molecule has 0 unspecified atom stereocenters. The van der Waals surface area contributed by atoms with Crippen LogP contribution >= 0.6 is 12.4 Å². The van der Waals surface area contributed by atoms with E-state index in [0.717, 1.165) is 57.6 Å². The second kappa shape index (κ2) is 8.61. The zero-order valence-electron chi connectivity index (χ0n) is 12.2. The highest BCUT2D eigenvalue weighted by molar-refractivity contribution is 5.85. The van der Waals surface area contributed by atoms with Crippen LogP contribution in [0, 0.1) is 17.5 Å². The summed E-state index contributed by atoms with van der Waals surface area (Å²) in [5.74, 6) is -3.59. The molecule has 1 N–H and O–H groups in total. The average Bonchev–Trinajstić information content (AvgIpc) is 2.46. The van der Waals surface area contributed by atoms with E-state index in [-0.39, 0.29) is 18.4 Å². The summed E-state index contributed by atoms with van der Waals surface area (Å²) in [6.07, 6.45) is 2.84. The predicted octanol–water partition coefficient (Wildman–Crippen LogP) is 3.66. The van der Waals surface area contributed by atoms with Crippen LogP contribution in [0.5, 0.6) is 0 Å². The molecule has 1 saturated heterocycles. The van der Waals surface area contributed by atoms with Crippen molar-refractivity contribution < 1.29 is 13.2 Å². The molecule has 0 radical (unpaired) electrons. The maximum Gasteiger partial charge on any atom is 0.194 e. The molecule has 1 heterocycles. The summed E-state index contributed by atoms with van der Waals surface area (Å²) in [5.41, 5.74) is 0.539. The van der Waals surface area contributed by atoms with Crippen LogP contribution in [-0.4, -0.2) is 31.1 Å². The molecule has 0 aliphatic carbocycles. The van der Waals surface area contributed by atoms with Gasteiger partial charge in [-0.05, 0) is 24.1 Å². The standard InChI is InChI=1S/C15H21F3N2.ClH/c1-2-3-4-14(20-7-5-19-6-8-20)11-9-12(16)15(18)13(17)10-11;/h9-10,14,19H,2-8H2,1H3;1H/t14-;/m0./s1. The van der Waals surface area contributed by atoms with Gasteiger partial charge >= 0.3 is 0 Å². The number of benzene rings is 1. The number of hydrogen-bond donors (Lipinski definition) is 1. The lowest BCUT2D eigenvalue weighted by Gasteiger charge is -2.35. The van der Waals surface area contributed by atoms with Crippen LogP contribution in [-0.2, 0) is 0 Å². The normalized spacial score (nSPS) is 17.3. The zero-order valence-corrected chi connectivity index (χ0v) is 13.0. The van der Waals surface area contributed by atoms with E-state index >= 15 is 0 Å². The Bertz CT molecular complexity index is 428. The molecule has 1 atom stereocenters. The maximum absolute atomic E-state index is 13.4. The number of halogens is 4. The van der Waals surface area contributed by atoms with Gasteiger partial charge in [-0.2, -0.15) is 0 Å². The lowest BCUT2D eigenvalue weighted by atomic mass is 9.98. The predicted molar refractivity (Wildman–Crippen MR) is 80.3 cm³/mol. The van der Waals surface area contributed by atoms with E-state index in [1.54, 1.807) is 0 Å². The Morgan fingerprint density at radius 2 is 1.71 bits per heavy atom. The Balaban J connectivity index is 0.00000220. The quantitative estimate of drug-likeness (QED) is 0.832. The maximum atomic E-state index is 13.4. The fourth-order valence-electron chi connectivity index (χ4n) is 2.72. The molecule has 2 nitrogen and oxygen atoms in total. The number of unbranched alkanes of at least 4 members (excludes halogenated alkanes) is 1. The van der Waals surface area contributed by atoms with Crippen LogP contribution in [0.15, 0.2) is 12.1 Å². The molecule has 1 aromatic carbocycles. The molecule has 0 amide bonds. The lowest BCUT2D eigenvalue weighted by molar-refractivity contribution is 0.162. The van der Waals surface area contributed by atoms with E-state index < -0.39 is 17.5 Å². The van der Waals surface area contributed by atoms with Gasteiger partial charge in [0.2, 0.25) is 0 Å². The van der Waals surface area contributed by atoms with Crippen LogP contribution in [0.3, 0.4) is 0 Å². The number of piperazine rings is 1. The minimum atomic E-state index is -1.39. The van der Waals surface area contributed by atoms with Gasteiger partial charge in [0, 0.05) is 32.2 Å². The first-order valence-electron chi connectivity index (χ1n) is 7.22. The molecule has 120 valence electrons. The van der Waals surface area contributed by atoms with Crippen molar-refractivity contribution in [3.05, 3.63) is 35.1 Å². The zero-order chi connectivity index (χ0) is 14.5. The van der Waals surface area contributed by atoms with E-state index in [1.807, 2.05) is 0 Å². The number of nitrogens with one attached hydrogen (secondary N) is 1. The fourth-order valence-corrected chi connectivity index (χ4v) is 2.72. The highest BCUT2D eigenvalue weighted by Gasteiger charge is 2.24. The van der Waals surface area contributed by atoms with Crippen molar-refractivity contribution in [3.8, 4) is 0 Å². The molecule has 1 aliphatic heterocycles. The van der Waals surface area contributed by atoms with Gasteiger partial charge in [0.25, 0.3) is 0 Å². The summed E-state index contributed by atoms with van der Waals surface area (Å²) in [6, 6.07) is 2.24. The largest absolute Gasteiger partial charge is 0.314 e. The monoisotopic (exact) mass is 322 g/mol. The van der Waals surface area contributed by atoms with Gasteiger partial charge in [-0.15, -0.1) is 12.4 Å². The topological polar surface area (TPSA) is 15.3 Å². The number of rotatable bonds is 5. The summed E-state index contributed by atoms with van der Waals surface area (Å²) in [6.45, 7) is 5.51. The first kappa shape index (κ1) is 18.3. The van der Waals surface area contributed by atoms with Crippen molar-refractivity contribution in [1.29, 1.82) is 0 Å². The van der Waals surface area contributed by atoms with E-state index in [2.05, 4.69) is 17.1 Å². The van der Waals surface area contributed by atoms with Gasteiger partial charge in [0.15, 0.2) is 17.5 Å². The molecule has 0 spiro atoms. The van der Waals surface area contributed by atoms with Crippen LogP contribution in [0.2, 0.25) is 0 Å². The molecule has 0 aromatic heterocycles. The van der Waals surface area contributed by atoms with Crippen LogP contribution in [0.1, 0.15) is 37.8 Å². The Morgan fingerprint density at radius 1 is 1.14 bits per heavy atom. The molecule has 1 aliphatic rings. The van der Waals surface area contributed by atoms with Crippen LogP contribution < -0.4 is 5.32 Å². The minimum absolute atomic E-state index is 0. The Labute approximate surface area is 130 Å². The highest BCUT2D eigenvalue weighted by atomic mass is 35.5. The molecule has 1 fully saturated rings.